The van der Waals surface area contributed by atoms with Crippen molar-refractivity contribution in [3.63, 3.8) is 0 Å². The molecule has 0 aliphatic heterocycles. The smallest absolute Gasteiger partial charge is 0.334 e. The number of allylic oxidation sites excluding steroid dienone is 1. The molecule has 0 amide bonds. The van der Waals surface area contributed by atoms with Crippen molar-refractivity contribution in [1.82, 2.24) is 0 Å². The minimum Gasteiger partial charge on any atom is -0.481 e. The summed E-state index contributed by atoms with van der Waals surface area (Å²) in [6.07, 6.45) is 2.39. The van der Waals surface area contributed by atoms with Crippen molar-refractivity contribution in [3.05, 3.63) is 23.4 Å². The van der Waals surface area contributed by atoms with Crippen LogP contribution in [0.4, 0.5) is 0 Å². The maximum absolute atomic E-state index is 12.4. The quantitative estimate of drug-likeness (QED) is 0.660. The fourth-order valence-electron chi connectivity index (χ4n) is 2.22. The molecule has 2 unspecified atom stereocenters. The van der Waals surface area contributed by atoms with Crippen LogP contribution in [0.3, 0.4) is 0 Å². The van der Waals surface area contributed by atoms with E-state index in [1.165, 1.54) is 19.1 Å². The Morgan fingerprint density at radius 2 is 1.81 bits per heavy atom. The van der Waals surface area contributed by atoms with Crippen molar-refractivity contribution >= 4 is 17.9 Å². The summed E-state index contributed by atoms with van der Waals surface area (Å²) in [7, 11) is 0. The Balaban J connectivity index is 3.46. The normalized spacial score (nSPS) is 25.6. The first-order valence-electron chi connectivity index (χ1n) is 6.29. The summed E-state index contributed by atoms with van der Waals surface area (Å²) in [6.45, 7) is 6.04. The van der Waals surface area contributed by atoms with Crippen LogP contribution in [0.5, 0.6) is 0 Å². The van der Waals surface area contributed by atoms with Gasteiger partial charge in [0.2, 0.25) is 0 Å². The third-order valence-corrected chi connectivity index (χ3v) is 3.20. The Kier molecular flexibility index (Phi) is 4.17. The summed E-state index contributed by atoms with van der Waals surface area (Å²) < 4.78 is 5.20. The standard InChI is InChI=1S/C14H19NO6/c1-13(2,3)21-12(20)14(4)7(10(16)17)5-6-8(15)9(14)11(18)19/h5-7H,15H2,1-4H3,(H,16,17)(H,18,19). The molecule has 0 spiro atoms. The number of carboxylic acid groups (broad SMARTS) is 2. The fraction of sp³-hybridized carbons (Fsp3) is 0.500. The molecule has 2 atom stereocenters. The highest BCUT2D eigenvalue weighted by Gasteiger charge is 2.54. The van der Waals surface area contributed by atoms with Gasteiger partial charge in [-0.05, 0) is 33.8 Å². The lowest BCUT2D eigenvalue weighted by molar-refractivity contribution is -0.172. The highest BCUT2D eigenvalue weighted by Crippen LogP contribution is 2.43. The number of esters is 1. The summed E-state index contributed by atoms with van der Waals surface area (Å²) >= 11 is 0. The number of carbonyl (C=O) groups is 3. The van der Waals surface area contributed by atoms with Crippen LogP contribution in [0, 0.1) is 11.3 Å². The molecule has 7 nitrogen and oxygen atoms in total. The number of carbonyl (C=O) groups excluding carboxylic acids is 1. The predicted molar refractivity (Wildman–Crippen MR) is 73.1 cm³/mol. The molecule has 0 bridgehead atoms. The molecule has 21 heavy (non-hydrogen) atoms. The van der Waals surface area contributed by atoms with Crippen molar-refractivity contribution in [2.75, 3.05) is 0 Å². The average molecular weight is 297 g/mol. The molecule has 0 saturated heterocycles. The van der Waals surface area contributed by atoms with Gasteiger partial charge in [-0.1, -0.05) is 6.08 Å². The lowest BCUT2D eigenvalue weighted by Crippen LogP contribution is -2.48. The van der Waals surface area contributed by atoms with Crippen molar-refractivity contribution in [1.29, 1.82) is 0 Å². The maximum atomic E-state index is 12.4. The third kappa shape index (κ3) is 3.07. The van der Waals surface area contributed by atoms with Crippen molar-refractivity contribution in [3.8, 4) is 0 Å². The van der Waals surface area contributed by atoms with Crippen LogP contribution in [-0.2, 0) is 19.1 Å². The first-order chi connectivity index (χ1) is 9.41. The molecule has 0 heterocycles. The number of ether oxygens (including phenoxy) is 1. The largest absolute Gasteiger partial charge is 0.481 e. The summed E-state index contributed by atoms with van der Waals surface area (Å²) in [5.41, 5.74) is 2.22. The number of nitrogens with two attached hydrogens (primary N) is 1. The van der Waals surface area contributed by atoms with E-state index < -0.39 is 40.4 Å². The van der Waals surface area contributed by atoms with Gasteiger partial charge in [0.1, 0.15) is 11.0 Å². The molecule has 116 valence electrons. The Hall–Kier alpha value is -2.31. The Labute approximate surface area is 122 Å². The van der Waals surface area contributed by atoms with Crippen LogP contribution in [0.25, 0.3) is 0 Å². The van der Waals surface area contributed by atoms with Crippen molar-refractivity contribution in [2.45, 2.75) is 33.3 Å². The number of rotatable bonds is 3. The average Bonchev–Trinajstić information content (AvgIpc) is 2.25. The second-order valence-corrected chi connectivity index (χ2v) is 6.01. The van der Waals surface area contributed by atoms with Gasteiger partial charge in [-0.15, -0.1) is 0 Å². The van der Waals surface area contributed by atoms with Gasteiger partial charge in [0.15, 0.2) is 0 Å². The van der Waals surface area contributed by atoms with Crippen LogP contribution in [0.15, 0.2) is 23.4 Å². The molecule has 1 aliphatic carbocycles. The van der Waals surface area contributed by atoms with Gasteiger partial charge < -0.3 is 20.7 Å². The molecule has 0 saturated carbocycles. The van der Waals surface area contributed by atoms with Crippen LogP contribution in [0.2, 0.25) is 0 Å². The number of hydrogen-bond donors (Lipinski definition) is 3. The minimum atomic E-state index is -1.90. The van der Waals surface area contributed by atoms with Gasteiger partial charge in [0.25, 0.3) is 0 Å². The van der Waals surface area contributed by atoms with Gasteiger partial charge in [-0.25, -0.2) is 4.79 Å². The van der Waals surface area contributed by atoms with Crippen LogP contribution >= 0.6 is 0 Å². The SMILES string of the molecule is CC(C)(C)OC(=O)C1(C)C(C(=O)O)=C(N)C=CC1C(=O)O. The van der Waals surface area contributed by atoms with E-state index in [2.05, 4.69) is 0 Å². The van der Waals surface area contributed by atoms with Gasteiger partial charge in [-0.2, -0.15) is 0 Å². The monoisotopic (exact) mass is 297 g/mol. The Morgan fingerprint density at radius 1 is 1.29 bits per heavy atom. The lowest BCUT2D eigenvalue weighted by Gasteiger charge is -2.37. The molecule has 1 rings (SSSR count). The molecular formula is C14H19NO6. The number of hydrogen-bond acceptors (Lipinski definition) is 5. The zero-order valence-electron chi connectivity index (χ0n) is 12.3. The number of aliphatic carboxylic acids is 2. The topological polar surface area (TPSA) is 127 Å². The van der Waals surface area contributed by atoms with E-state index in [1.807, 2.05) is 0 Å². The predicted octanol–water partition coefficient (Wildman–Crippen LogP) is 0.902. The van der Waals surface area contributed by atoms with E-state index in [4.69, 9.17) is 10.5 Å². The molecule has 1 aliphatic rings. The molecular weight excluding hydrogens is 278 g/mol. The molecule has 0 aromatic heterocycles. The third-order valence-electron chi connectivity index (χ3n) is 3.20. The minimum absolute atomic E-state index is 0.159. The highest BCUT2D eigenvalue weighted by molar-refractivity contribution is 6.01. The van der Waals surface area contributed by atoms with Crippen LogP contribution in [0.1, 0.15) is 27.7 Å². The zero-order chi connectivity index (χ0) is 16.6. The van der Waals surface area contributed by atoms with Crippen LogP contribution in [-0.4, -0.2) is 33.7 Å². The van der Waals surface area contributed by atoms with E-state index in [-0.39, 0.29) is 5.70 Å². The highest BCUT2D eigenvalue weighted by atomic mass is 16.6. The summed E-state index contributed by atoms with van der Waals surface area (Å²) in [5.74, 6) is -5.08. The second-order valence-electron chi connectivity index (χ2n) is 6.01. The Morgan fingerprint density at radius 3 is 2.19 bits per heavy atom. The van der Waals surface area contributed by atoms with Gasteiger partial charge >= 0.3 is 17.9 Å². The molecule has 0 aromatic carbocycles. The number of carboxylic acids is 2. The zero-order valence-corrected chi connectivity index (χ0v) is 12.3. The van der Waals surface area contributed by atoms with Gasteiger partial charge in [0, 0.05) is 5.70 Å². The van der Waals surface area contributed by atoms with Crippen molar-refractivity contribution < 1.29 is 29.3 Å². The fourth-order valence-corrected chi connectivity index (χ4v) is 2.22. The first-order valence-corrected chi connectivity index (χ1v) is 6.29. The van der Waals surface area contributed by atoms with E-state index in [0.717, 1.165) is 0 Å². The Bertz CT molecular complexity index is 554. The maximum Gasteiger partial charge on any atom is 0.334 e. The summed E-state index contributed by atoms with van der Waals surface area (Å²) in [6, 6.07) is 0. The van der Waals surface area contributed by atoms with E-state index >= 15 is 0 Å². The van der Waals surface area contributed by atoms with E-state index in [9.17, 15) is 24.6 Å². The molecule has 0 aromatic rings. The first kappa shape index (κ1) is 16.7. The summed E-state index contributed by atoms with van der Waals surface area (Å²) in [5, 5.41) is 18.6. The summed E-state index contributed by atoms with van der Waals surface area (Å²) in [4.78, 5) is 35.3. The lowest BCUT2D eigenvalue weighted by atomic mass is 9.67. The van der Waals surface area contributed by atoms with Crippen LogP contribution < -0.4 is 5.73 Å². The molecule has 0 fully saturated rings. The van der Waals surface area contributed by atoms with Gasteiger partial charge in [0.05, 0.1) is 11.5 Å². The molecule has 4 N–H and O–H groups in total. The van der Waals surface area contributed by atoms with E-state index in [1.54, 1.807) is 20.8 Å². The molecule has 0 radical (unpaired) electrons. The molecule has 7 heteroatoms. The van der Waals surface area contributed by atoms with Crippen molar-refractivity contribution in [2.24, 2.45) is 17.1 Å². The van der Waals surface area contributed by atoms with Gasteiger partial charge in [-0.3, -0.25) is 9.59 Å². The second kappa shape index (κ2) is 5.23. The van der Waals surface area contributed by atoms with E-state index in [0.29, 0.717) is 0 Å².